The lowest BCUT2D eigenvalue weighted by molar-refractivity contribution is 0.0517. The zero-order valence-electron chi connectivity index (χ0n) is 13.1. The Morgan fingerprint density at radius 3 is 2.71 bits per heavy atom. The third-order valence-electron chi connectivity index (χ3n) is 3.58. The number of esters is 1. The number of ether oxygens (including phenoxy) is 1. The van der Waals surface area contributed by atoms with Crippen LogP contribution in [0.3, 0.4) is 0 Å². The monoisotopic (exact) mass is 310 g/mol. The van der Waals surface area contributed by atoms with E-state index in [0.29, 0.717) is 4.88 Å². The average Bonchev–Trinajstić information content (AvgIpc) is 2.83. The van der Waals surface area contributed by atoms with E-state index in [0.717, 1.165) is 24.6 Å². The molecule has 1 aromatic rings. The molecule has 21 heavy (non-hydrogen) atoms. The Morgan fingerprint density at radius 2 is 2.14 bits per heavy atom. The van der Waals surface area contributed by atoms with Crippen molar-refractivity contribution in [3.63, 3.8) is 0 Å². The van der Waals surface area contributed by atoms with Gasteiger partial charge >= 0.3 is 5.97 Å². The Balaban J connectivity index is 2.31. The summed E-state index contributed by atoms with van der Waals surface area (Å²) < 4.78 is 4.99. The minimum Gasteiger partial charge on any atom is -0.461 e. The van der Waals surface area contributed by atoms with Gasteiger partial charge < -0.3 is 9.64 Å². The van der Waals surface area contributed by atoms with Crippen LogP contribution in [0.4, 0.5) is 5.13 Å². The summed E-state index contributed by atoms with van der Waals surface area (Å²) in [6.07, 6.45) is 2.27. The number of hydrogen-bond donors (Lipinski definition) is 0. The van der Waals surface area contributed by atoms with Crippen molar-refractivity contribution < 1.29 is 14.3 Å². The van der Waals surface area contributed by atoms with Gasteiger partial charge in [0.2, 0.25) is 0 Å². The predicted octanol–water partition coefficient (Wildman–Crippen LogP) is 3.15. The van der Waals surface area contributed by atoms with E-state index in [4.69, 9.17) is 4.74 Å². The van der Waals surface area contributed by atoms with Gasteiger partial charge in [0.1, 0.15) is 4.88 Å². The first kappa shape index (κ1) is 15.9. The fourth-order valence-electron chi connectivity index (χ4n) is 2.61. The van der Waals surface area contributed by atoms with Crippen LogP contribution in [-0.2, 0) is 4.74 Å². The molecule has 0 unspecified atom stereocenters. The summed E-state index contributed by atoms with van der Waals surface area (Å²) in [6.45, 7) is 9.73. The van der Waals surface area contributed by atoms with E-state index in [1.54, 1.807) is 6.92 Å². The number of piperidine rings is 1. The number of carbonyl (C=O) groups is 2. The van der Waals surface area contributed by atoms with E-state index in [-0.39, 0.29) is 23.5 Å². The molecule has 0 saturated carbocycles. The van der Waals surface area contributed by atoms with Crippen molar-refractivity contribution in [2.75, 3.05) is 24.6 Å². The molecule has 1 aromatic heterocycles. The van der Waals surface area contributed by atoms with Gasteiger partial charge in [-0.05, 0) is 25.2 Å². The SMILES string of the molecule is CCOC(=O)c1nc(N2CCCC(C)(C)C2)sc1C(C)=O. The van der Waals surface area contributed by atoms with E-state index < -0.39 is 5.97 Å². The van der Waals surface area contributed by atoms with Crippen molar-refractivity contribution in [1.29, 1.82) is 0 Å². The van der Waals surface area contributed by atoms with Gasteiger partial charge in [-0.25, -0.2) is 9.78 Å². The Hall–Kier alpha value is -1.43. The van der Waals surface area contributed by atoms with Gasteiger partial charge in [-0.15, -0.1) is 0 Å². The highest BCUT2D eigenvalue weighted by molar-refractivity contribution is 7.17. The first-order valence-corrected chi connectivity index (χ1v) is 8.09. The Labute approximate surface area is 129 Å². The number of rotatable bonds is 4. The molecular formula is C15H22N2O3S. The van der Waals surface area contributed by atoms with Crippen LogP contribution in [0.25, 0.3) is 0 Å². The number of anilines is 1. The molecule has 0 bridgehead atoms. The van der Waals surface area contributed by atoms with E-state index in [2.05, 4.69) is 23.7 Å². The number of hydrogen-bond acceptors (Lipinski definition) is 6. The van der Waals surface area contributed by atoms with Gasteiger partial charge in [-0.3, -0.25) is 4.79 Å². The summed E-state index contributed by atoms with van der Waals surface area (Å²) in [4.78, 5) is 30.6. The van der Waals surface area contributed by atoms with E-state index in [9.17, 15) is 9.59 Å². The Kier molecular flexibility index (Phi) is 4.66. The molecule has 0 radical (unpaired) electrons. The summed E-state index contributed by atoms with van der Waals surface area (Å²) in [5.41, 5.74) is 0.387. The third-order valence-corrected chi connectivity index (χ3v) is 4.79. The van der Waals surface area contributed by atoms with Gasteiger partial charge in [0.05, 0.1) is 6.61 Å². The Morgan fingerprint density at radius 1 is 1.43 bits per heavy atom. The molecule has 0 spiro atoms. The average molecular weight is 310 g/mol. The molecule has 2 rings (SSSR count). The molecule has 0 aliphatic carbocycles. The van der Waals surface area contributed by atoms with Gasteiger partial charge in [0, 0.05) is 20.0 Å². The van der Waals surface area contributed by atoms with Crippen LogP contribution in [0.1, 0.15) is 60.7 Å². The molecule has 0 aromatic carbocycles. The van der Waals surface area contributed by atoms with Crippen LogP contribution < -0.4 is 4.90 Å². The molecule has 0 atom stereocenters. The maximum absolute atomic E-state index is 11.9. The zero-order valence-corrected chi connectivity index (χ0v) is 13.9. The zero-order chi connectivity index (χ0) is 15.6. The van der Waals surface area contributed by atoms with Crippen LogP contribution in [0.15, 0.2) is 0 Å². The van der Waals surface area contributed by atoms with Crippen molar-refractivity contribution in [3.05, 3.63) is 10.6 Å². The van der Waals surface area contributed by atoms with Gasteiger partial charge in [-0.1, -0.05) is 25.2 Å². The molecular weight excluding hydrogens is 288 g/mol. The molecule has 2 heterocycles. The fourth-order valence-corrected chi connectivity index (χ4v) is 3.58. The van der Waals surface area contributed by atoms with Gasteiger partial charge in [0.15, 0.2) is 16.6 Å². The molecule has 1 aliphatic heterocycles. The summed E-state index contributed by atoms with van der Waals surface area (Å²) >= 11 is 1.29. The van der Waals surface area contributed by atoms with E-state index in [1.165, 1.54) is 24.7 Å². The highest BCUT2D eigenvalue weighted by atomic mass is 32.1. The molecule has 1 fully saturated rings. The quantitative estimate of drug-likeness (QED) is 0.631. The highest BCUT2D eigenvalue weighted by Crippen LogP contribution is 2.35. The van der Waals surface area contributed by atoms with Crippen molar-refractivity contribution in [2.24, 2.45) is 5.41 Å². The maximum Gasteiger partial charge on any atom is 0.358 e. The Bertz CT molecular complexity index is 551. The number of carbonyl (C=O) groups excluding carboxylic acids is 2. The topological polar surface area (TPSA) is 59.5 Å². The molecule has 6 heteroatoms. The second-order valence-electron chi connectivity index (χ2n) is 6.14. The number of nitrogens with zero attached hydrogens (tertiary/aromatic N) is 2. The molecule has 116 valence electrons. The van der Waals surface area contributed by atoms with Crippen LogP contribution in [0.5, 0.6) is 0 Å². The highest BCUT2D eigenvalue weighted by Gasteiger charge is 2.30. The minimum absolute atomic E-state index is 0.141. The first-order chi connectivity index (χ1) is 9.84. The molecule has 0 amide bonds. The second kappa shape index (κ2) is 6.13. The largest absolute Gasteiger partial charge is 0.461 e. The smallest absolute Gasteiger partial charge is 0.358 e. The molecule has 1 aliphatic rings. The maximum atomic E-state index is 11.9. The van der Waals surface area contributed by atoms with Crippen molar-refractivity contribution in [3.8, 4) is 0 Å². The number of aromatic nitrogens is 1. The number of ketones is 1. The molecule has 1 saturated heterocycles. The lowest BCUT2D eigenvalue weighted by Crippen LogP contribution is -2.40. The number of Topliss-reactive ketones (excluding diaryl/α,β-unsaturated/α-hetero) is 1. The van der Waals surface area contributed by atoms with Crippen LogP contribution >= 0.6 is 11.3 Å². The molecule has 0 N–H and O–H groups in total. The van der Waals surface area contributed by atoms with Crippen molar-refractivity contribution in [2.45, 2.75) is 40.5 Å². The van der Waals surface area contributed by atoms with Crippen molar-refractivity contribution in [1.82, 2.24) is 4.98 Å². The first-order valence-electron chi connectivity index (χ1n) is 7.28. The molecule has 5 nitrogen and oxygen atoms in total. The number of thiazole rings is 1. The minimum atomic E-state index is -0.513. The summed E-state index contributed by atoms with van der Waals surface area (Å²) in [5.74, 6) is -0.653. The van der Waals surface area contributed by atoms with Crippen LogP contribution in [0.2, 0.25) is 0 Å². The summed E-state index contributed by atoms with van der Waals surface area (Å²) in [5, 5.41) is 0.746. The normalized spacial score (nSPS) is 17.6. The third kappa shape index (κ3) is 3.61. The summed E-state index contributed by atoms with van der Waals surface area (Å²) in [7, 11) is 0. The van der Waals surface area contributed by atoms with Gasteiger partial charge in [0.25, 0.3) is 0 Å². The van der Waals surface area contributed by atoms with Gasteiger partial charge in [-0.2, -0.15) is 0 Å². The van der Waals surface area contributed by atoms with E-state index >= 15 is 0 Å². The van der Waals surface area contributed by atoms with E-state index in [1.807, 2.05) is 0 Å². The van der Waals surface area contributed by atoms with Crippen LogP contribution in [-0.4, -0.2) is 36.4 Å². The standard InChI is InChI=1S/C15H22N2O3S/c1-5-20-13(19)11-12(10(2)18)21-14(16-11)17-8-6-7-15(3,4)9-17/h5-9H2,1-4H3. The predicted molar refractivity (Wildman–Crippen MR) is 83.3 cm³/mol. The van der Waals surface area contributed by atoms with Crippen LogP contribution in [0, 0.1) is 5.41 Å². The second-order valence-corrected chi connectivity index (χ2v) is 7.12. The fraction of sp³-hybridized carbons (Fsp3) is 0.667. The lowest BCUT2D eigenvalue weighted by Gasteiger charge is -2.37. The summed E-state index contributed by atoms with van der Waals surface area (Å²) in [6, 6.07) is 0. The lowest BCUT2D eigenvalue weighted by atomic mass is 9.84. The van der Waals surface area contributed by atoms with Crippen molar-refractivity contribution >= 4 is 28.2 Å².